The van der Waals surface area contributed by atoms with Crippen LogP contribution in [-0.4, -0.2) is 39.2 Å². The molecule has 0 N–H and O–H groups in total. The predicted octanol–water partition coefficient (Wildman–Crippen LogP) is 5.62. The lowest BCUT2D eigenvalue weighted by Gasteiger charge is -2.08. The Hall–Kier alpha value is -4.72. The number of carbonyl (C=O) groups is 1. The zero-order valence-corrected chi connectivity index (χ0v) is 21.3. The number of para-hydroxylation sites is 1. The average Bonchev–Trinajstić information content (AvgIpc) is 3.54. The van der Waals surface area contributed by atoms with Crippen molar-refractivity contribution in [3.05, 3.63) is 113 Å². The van der Waals surface area contributed by atoms with E-state index in [1.54, 1.807) is 6.92 Å². The molecule has 0 saturated carbocycles. The molecule has 5 aromatic rings. The van der Waals surface area contributed by atoms with Gasteiger partial charge in [-0.2, -0.15) is 0 Å². The molecular formula is C30H28N4O4. The van der Waals surface area contributed by atoms with Crippen LogP contribution >= 0.6 is 0 Å². The average molecular weight is 509 g/mol. The summed E-state index contributed by atoms with van der Waals surface area (Å²) in [5, 5.41) is 8.52. The summed E-state index contributed by atoms with van der Waals surface area (Å²) in [6.07, 6.45) is 1.07. The van der Waals surface area contributed by atoms with Crippen LogP contribution < -0.4 is 4.74 Å². The summed E-state index contributed by atoms with van der Waals surface area (Å²) in [4.78, 5) is 17.4. The number of benzene rings is 3. The summed E-state index contributed by atoms with van der Waals surface area (Å²) in [6.45, 7) is 4.44. The first-order valence-corrected chi connectivity index (χ1v) is 12.5. The molecule has 0 atom stereocenters. The van der Waals surface area contributed by atoms with Gasteiger partial charge >= 0.3 is 5.97 Å². The highest BCUT2D eigenvalue weighted by Gasteiger charge is 2.23. The van der Waals surface area contributed by atoms with Gasteiger partial charge in [0.25, 0.3) is 0 Å². The lowest BCUT2D eigenvalue weighted by Crippen LogP contribution is -2.14. The van der Waals surface area contributed by atoms with Gasteiger partial charge in [0.2, 0.25) is 5.89 Å². The molecule has 0 spiro atoms. The number of esters is 1. The highest BCUT2D eigenvalue weighted by Crippen LogP contribution is 2.23. The van der Waals surface area contributed by atoms with Crippen molar-refractivity contribution in [1.29, 1.82) is 0 Å². The van der Waals surface area contributed by atoms with Crippen molar-refractivity contribution in [2.24, 2.45) is 0 Å². The second-order valence-electron chi connectivity index (χ2n) is 8.66. The molecule has 0 fully saturated rings. The molecule has 2 aromatic heterocycles. The third-order valence-electron chi connectivity index (χ3n) is 6.03. The Bertz CT molecular complexity index is 1490. The van der Waals surface area contributed by atoms with E-state index < -0.39 is 5.97 Å². The van der Waals surface area contributed by atoms with Crippen molar-refractivity contribution < 1.29 is 18.7 Å². The maximum absolute atomic E-state index is 12.8. The van der Waals surface area contributed by atoms with Gasteiger partial charge in [0.05, 0.1) is 24.6 Å². The fraction of sp³-hybridized carbons (Fsp3) is 0.200. The maximum atomic E-state index is 12.8. The Morgan fingerprint density at radius 3 is 2.34 bits per heavy atom. The number of aromatic nitrogens is 4. The quantitative estimate of drug-likeness (QED) is 0.226. The van der Waals surface area contributed by atoms with Gasteiger partial charge in [0, 0.05) is 18.4 Å². The number of hydrogen-bond donors (Lipinski definition) is 0. The topological polar surface area (TPSA) is 92.3 Å². The standard InChI is InChI=1S/C30H28N4O4/c1-3-36-30(35)28-27(32-33-34(28)24-12-8-5-9-13-24)20-22-14-16-25(17-15-22)37-19-18-26-21(2)38-29(31-26)23-10-6-4-7-11-23/h4-17H,3,18-20H2,1-2H3. The van der Waals surface area contributed by atoms with Crippen LogP contribution in [0.1, 0.15) is 40.1 Å². The minimum absolute atomic E-state index is 0.270. The van der Waals surface area contributed by atoms with Crippen LogP contribution in [0.4, 0.5) is 0 Å². The Labute approximate surface area is 220 Å². The molecule has 0 saturated heterocycles. The molecule has 8 nitrogen and oxygen atoms in total. The minimum atomic E-state index is -0.449. The third kappa shape index (κ3) is 5.64. The van der Waals surface area contributed by atoms with E-state index in [0.717, 1.165) is 34.0 Å². The van der Waals surface area contributed by atoms with Gasteiger partial charge in [-0.1, -0.05) is 53.7 Å². The molecule has 0 aliphatic rings. The van der Waals surface area contributed by atoms with Gasteiger partial charge in [-0.3, -0.25) is 0 Å². The zero-order valence-electron chi connectivity index (χ0n) is 21.3. The van der Waals surface area contributed by atoms with Crippen LogP contribution in [0.25, 0.3) is 17.1 Å². The predicted molar refractivity (Wildman–Crippen MR) is 142 cm³/mol. The van der Waals surface area contributed by atoms with E-state index in [4.69, 9.17) is 13.9 Å². The van der Waals surface area contributed by atoms with Gasteiger partial charge in [-0.15, -0.1) is 5.10 Å². The summed E-state index contributed by atoms with van der Waals surface area (Å²) in [7, 11) is 0. The molecular weight excluding hydrogens is 480 g/mol. The first-order valence-electron chi connectivity index (χ1n) is 12.5. The largest absolute Gasteiger partial charge is 0.493 e. The minimum Gasteiger partial charge on any atom is -0.493 e. The van der Waals surface area contributed by atoms with Crippen molar-refractivity contribution in [3.8, 4) is 22.9 Å². The van der Waals surface area contributed by atoms with Gasteiger partial charge in [-0.25, -0.2) is 14.5 Å². The van der Waals surface area contributed by atoms with Crippen molar-refractivity contribution in [3.63, 3.8) is 0 Å². The monoisotopic (exact) mass is 508 g/mol. The van der Waals surface area contributed by atoms with Gasteiger partial charge < -0.3 is 13.9 Å². The summed E-state index contributed by atoms with van der Waals surface area (Å²) in [5.41, 5.74) is 4.44. The fourth-order valence-electron chi connectivity index (χ4n) is 4.11. The van der Waals surface area contributed by atoms with Crippen LogP contribution in [0.15, 0.2) is 89.3 Å². The molecule has 8 heteroatoms. The fourth-order valence-corrected chi connectivity index (χ4v) is 4.11. The SMILES string of the molecule is CCOC(=O)c1c(Cc2ccc(OCCc3nc(-c4ccccc4)oc3C)cc2)nnn1-c1ccccc1. The number of nitrogens with zero attached hydrogens (tertiary/aromatic N) is 4. The molecule has 0 unspecified atom stereocenters. The van der Waals surface area contributed by atoms with E-state index in [0.29, 0.717) is 36.7 Å². The summed E-state index contributed by atoms with van der Waals surface area (Å²) in [6, 6.07) is 27.0. The smallest absolute Gasteiger partial charge is 0.359 e. The van der Waals surface area contributed by atoms with Crippen LogP contribution in [0.2, 0.25) is 0 Å². The van der Waals surface area contributed by atoms with E-state index in [9.17, 15) is 4.79 Å². The summed E-state index contributed by atoms with van der Waals surface area (Å²) >= 11 is 0. The van der Waals surface area contributed by atoms with Crippen LogP contribution in [0, 0.1) is 6.92 Å². The summed E-state index contributed by atoms with van der Waals surface area (Å²) < 4.78 is 18.6. The lowest BCUT2D eigenvalue weighted by molar-refractivity contribution is 0.0514. The third-order valence-corrected chi connectivity index (χ3v) is 6.03. The highest BCUT2D eigenvalue weighted by molar-refractivity contribution is 5.89. The molecule has 5 rings (SSSR count). The molecule has 192 valence electrons. The van der Waals surface area contributed by atoms with Gasteiger partial charge in [0.15, 0.2) is 5.69 Å². The molecule has 0 bridgehead atoms. The molecule has 0 amide bonds. The first-order chi connectivity index (χ1) is 18.6. The van der Waals surface area contributed by atoms with E-state index in [1.807, 2.05) is 91.9 Å². The number of ether oxygens (including phenoxy) is 2. The molecule has 38 heavy (non-hydrogen) atoms. The maximum Gasteiger partial charge on any atom is 0.359 e. The number of aryl methyl sites for hydroxylation is 1. The van der Waals surface area contributed by atoms with Crippen LogP contribution in [0.3, 0.4) is 0 Å². The Balaban J connectivity index is 1.23. The Kier molecular flexibility index (Phi) is 7.59. The normalized spacial score (nSPS) is 10.9. The molecule has 3 aromatic carbocycles. The molecule has 0 aliphatic carbocycles. The molecule has 2 heterocycles. The number of rotatable bonds is 10. The second-order valence-corrected chi connectivity index (χ2v) is 8.66. The van der Waals surface area contributed by atoms with E-state index >= 15 is 0 Å². The number of oxazole rings is 1. The van der Waals surface area contributed by atoms with Crippen molar-refractivity contribution in [1.82, 2.24) is 20.0 Å². The lowest BCUT2D eigenvalue weighted by atomic mass is 10.1. The summed E-state index contributed by atoms with van der Waals surface area (Å²) in [5.74, 6) is 1.71. The van der Waals surface area contributed by atoms with E-state index in [2.05, 4.69) is 15.3 Å². The molecule has 0 radical (unpaired) electrons. The highest BCUT2D eigenvalue weighted by atomic mass is 16.5. The van der Waals surface area contributed by atoms with E-state index in [-0.39, 0.29) is 6.61 Å². The zero-order chi connectivity index (χ0) is 26.3. The van der Waals surface area contributed by atoms with Crippen molar-refractivity contribution >= 4 is 5.97 Å². The van der Waals surface area contributed by atoms with Gasteiger partial charge in [-0.05, 0) is 55.8 Å². The number of carbonyl (C=O) groups excluding carboxylic acids is 1. The Morgan fingerprint density at radius 2 is 1.63 bits per heavy atom. The second kappa shape index (κ2) is 11.6. The number of hydrogen-bond acceptors (Lipinski definition) is 7. The van der Waals surface area contributed by atoms with Crippen molar-refractivity contribution in [2.45, 2.75) is 26.7 Å². The van der Waals surface area contributed by atoms with Crippen molar-refractivity contribution in [2.75, 3.05) is 13.2 Å². The molecule has 0 aliphatic heterocycles. The van der Waals surface area contributed by atoms with Gasteiger partial charge in [0.1, 0.15) is 17.2 Å². The van der Waals surface area contributed by atoms with E-state index in [1.165, 1.54) is 4.68 Å². The Morgan fingerprint density at radius 1 is 0.921 bits per heavy atom. The van der Waals surface area contributed by atoms with Crippen LogP contribution in [0.5, 0.6) is 5.75 Å². The van der Waals surface area contributed by atoms with Crippen LogP contribution in [-0.2, 0) is 17.6 Å². The first kappa shape index (κ1) is 25.0.